The minimum Gasteiger partial charge on any atom is -0.490 e. The average molecular weight is 789 g/mol. The number of urea groups is 1. The normalized spacial score (nSPS) is 15.7. The summed E-state index contributed by atoms with van der Waals surface area (Å²) in [6.45, 7) is 6.44. The standard InChI is InChI=1S/C34H37IN4O10/c1-5-44-27-14-22(31-30(33(41)43-4)19(3)37-34(42)38-31)8-10-24(27)46-17-29(40)39-36-15-21-11-23(35)32(28(13-21)45-6-2)47-16-20-7-9-25-26(12-20)49-18-48-25/h7-15,29,31,39-40H,5-6,16-18H2,1-4H3,(H2,37,38,42)/b36-15-/t29-,31+/m1/s1. The third kappa shape index (κ3) is 8.77. The van der Waals surface area contributed by atoms with Crippen molar-refractivity contribution in [2.45, 2.75) is 39.6 Å². The Balaban J connectivity index is 1.21. The molecule has 5 rings (SSSR count). The van der Waals surface area contributed by atoms with Crippen molar-refractivity contribution in [2.24, 2.45) is 5.10 Å². The molecule has 0 bridgehead atoms. The number of nitrogens with zero attached hydrogens (tertiary/aromatic N) is 1. The number of esters is 1. The smallest absolute Gasteiger partial charge is 0.337 e. The number of hydrazone groups is 1. The summed E-state index contributed by atoms with van der Waals surface area (Å²) in [7, 11) is 1.27. The Labute approximate surface area is 296 Å². The van der Waals surface area contributed by atoms with Crippen LogP contribution in [0, 0.1) is 3.57 Å². The van der Waals surface area contributed by atoms with Gasteiger partial charge in [-0.15, -0.1) is 0 Å². The number of fused-ring (bicyclic) bond motifs is 1. The lowest BCUT2D eigenvalue weighted by atomic mass is 9.95. The molecule has 3 aromatic carbocycles. The molecule has 0 aliphatic carbocycles. The van der Waals surface area contributed by atoms with Crippen molar-refractivity contribution in [3.63, 3.8) is 0 Å². The molecule has 15 heteroatoms. The monoisotopic (exact) mass is 788 g/mol. The van der Waals surface area contributed by atoms with E-state index in [0.29, 0.717) is 65.6 Å². The van der Waals surface area contributed by atoms with E-state index in [1.165, 1.54) is 7.11 Å². The van der Waals surface area contributed by atoms with E-state index in [0.717, 1.165) is 14.7 Å². The third-order valence-electron chi connectivity index (χ3n) is 7.26. The number of benzene rings is 3. The zero-order chi connectivity index (χ0) is 34.9. The first-order valence-corrected chi connectivity index (χ1v) is 16.5. The molecule has 0 fully saturated rings. The maximum Gasteiger partial charge on any atom is 0.337 e. The highest BCUT2D eigenvalue weighted by Gasteiger charge is 2.32. The Morgan fingerprint density at radius 2 is 1.82 bits per heavy atom. The third-order valence-corrected chi connectivity index (χ3v) is 8.06. The molecule has 2 amide bonds. The summed E-state index contributed by atoms with van der Waals surface area (Å²) in [6, 6.07) is 13.1. The van der Waals surface area contributed by atoms with Crippen LogP contribution in [0.1, 0.15) is 43.5 Å². The van der Waals surface area contributed by atoms with Crippen molar-refractivity contribution in [3.05, 3.63) is 80.1 Å². The van der Waals surface area contributed by atoms with E-state index in [9.17, 15) is 14.7 Å². The number of carbonyl (C=O) groups excluding carboxylic acids is 2. The van der Waals surface area contributed by atoms with Crippen LogP contribution in [0.15, 0.2) is 64.9 Å². The lowest BCUT2D eigenvalue weighted by Gasteiger charge is -2.28. The van der Waals surface area contributed by atoms with E-state index >= 15 is 0 Å². The van der Waals surface area contributed by atoms with Crippen LogP contribution in [-0.2, 0) is 16.1 Å². The van der Waals surface area contributed by atoms with Gasteiger partial charge in [0.15, 0.2) is 40.7 Å². The highest BCUT2D eigenvalue weighted by atomic mass is 127. The van der Waals surface area contributed by atoms with Gasteiger partial charge in [0.25, 0.3) is 0 Å². The summed E-state index contributed by atoms with van der Waals surface area (Å²) < 4.78 is 40.2. The number of hydrogen-bond acceptors (Lipinski definition) is 12. The highest BCUT2D eigenvalue weighted by Crippen LogP contribution is 2.37. The fourth-order valence-electron chi connectivity index (χ4n) is 5.07. The van der Waals surface area contributed by atoms with Crippen LogP contribution in [0.2, 0.25) is 0 Å². The Morgan fingerprint density at radius 1 is 1.04 bits per heavy atom. The van der Waals surface area contributed by atoms with E-state index < -0.39 is 24.3 Å². The molecule has 0 saturated heterocycles. The molecule has 2 aliphatic rings. The van der Waals surface area contributed by atoms with Gasteiger partial charge in [-0.2, -0.15) is 5.10 Å². The second-order valence-electron chi connectivity index (χ2n) is 10.7. The first-order valence-electron chi connectivity index (χ1n) is 15.4. The van der Waals surface area contributed by atoms with Gasteiger partial charge >= 0.3 is 12.0 Å². The van der Waals surface area contributed by atoms with Crippen LogP contribution < -0.4 is 44.5 Å². The Morgan fingerprint density at radius 3 is 2.59 bits per heavy atom. The Bertz CT molecular complexity index is 1750. The number of rotatable bonds is 15. The van der Waals surface area contributed by atoms with Gasteiger partial charge in [0, 0.05) is 5.70 Å². The van der Waals surface area contributed by atoms with Crippen molar-refractivity contribution in [3.8, 4) is 34.5 Å². The molecule has 0 saturated carbocycles. The fraction of sp³-hybridized carbons (Fsp3) is 0.324. The number of aliphatic hydroxyl groups is 1. The lowest BCUT2D eigenvalue weighted by molar-refractivity contribution is -0.136. The van der Waals surface area contributed by atoms with Crippen LogP contribution in [0.5, 0.6) is 34.5 Å². The first-order chi connectivity index (χ1) is 23.7. The van der Waals surface area contributed by atoms with Crippen LogP contribution >= 0.6 is 22.6 Å². The second kappa shape index (κ2) is 16.5. The number of nitrogens with one attached hydrogen (secondary N) is 3. The zero-order valence-electron chi connectivity index (χ0n) is 27.3. The summed E-state index contributed by atoms with van der Waals surface area (Å²) in [5.41, 5.74) is 5.54. The molecule has 2 atom stereocenters. The summed E-state index contributed by atoms with van der Waals surface area (Å²) in [6.07, 6.45) is 0.387. The van der Waals surface area contributed by atoms with Crippen molar-refractivity contribution in [1.82, 2.24) is 16.1 Å². The topological polar surface area (TPSA) is 167 Å². The van der Waals surface area contributed by atoms with Crippen molar-refractivity contribution in [2.75, 3.05) is 33.7 Å². The largest absolute Gasteiger partial charge is 0.490 e. The van der Waals surface area contributed by atoms with Gasteiger partial charge in [0.1, 0.15) is 13.2 Å². The number of carbonyl (C=O) groups is 2. The van der Waals surface area contributed by atoms with Gasteiger partial charge in [0.05, 0.1) is 41.7 Å². The van der Waals surface area contributed by atoms with Gasteiger partial charge in [0.2, 0.25) is 6.79 Å². The number of halogens is 1. The highest BCUT2D eigenvalue weighted by molar-refractivity contribution is 14.1. The summed E-state index contributed by atoms with van der Waals surface area (Å²) in [5, 5.41) is 20.1. The van der Waals surface area contributed by atoms with Gasteiger partial charge in [-0.1, -0.05) is 12.1 Å². The minimum absolute atomic E-state index is 0.165. The van der Waals surface area contributed by atoms with Crippen molar-refractivity contribution < 1.29 is 47.9 Å². The molecule has 3 aromatic rings. The Kier molecular flexibility index (Phi) is 11.9. The minimum atomic E-state index is -1.17. The first kappa shape index (κ1) is 35.4. The van der Waals surface area contributed by atoms with Crippen LogP contribution in [0.4, 0.5) is 4.79 Å². The number of hydrogen-bond donors (Lipinski definition) is 4. The molecule has 14 nitrogen and oxygen atoms in total. The molecule has 0 radical (unpaired) electrons. The molecule has 2 heterocycles. The number of allylic oxidation sites excluding steroid dienone is 1. The predicted octanol–water partition coefficient (Wildman–Crippen LogP) is 4.52. The van der Waals surface area contributed by atoms with Crippen LogP contribution in [-0.4, -0.2) is 63.3 Å². The Hall–Kier alpha value is -4.90. The second-order valence-corrected chi connectivity index (χ2v) is 11.8. The molecule has 0 spiro atoms. The molecule has 49 heavy (non-hydrogen) atoms. The van der Waals surface area contributed by atoms with Gasteiger partial charge in [-0.25, -0.2) is 9.59 Å². The van der Waals surface area contributed by atoms with E-state index in [2.05, 4.69) is 43.8 Å². The van der Waals surface area contributed by atoms with Crippen molar-refractivity contribution >= 4 is 40.8 Å². The molecular weight excluding hydrogens is 751 g/mol. The molecule has 260 valence electrons. The quantitative estimate of drug-likeness (QED) is 0.0563. The van der Waals surface area contributed by atoms with E-state index in [1.54, 1.807) is 37.4 Å². The molecule has 4 N–H and O–H groups in total. The van der Waals surface area contributed by atoms with E-state index in [4.69, 9.17) is 33.2 Å². The van der Waals surface area contributed by atoms with Gasteiger partial charge < -0.3 is 48.9 Å². The average Bonchev–Trinajstić information content (AvgIpc) is 3.55. The number of amides is 2. The fourth-order valence-corrected chi connectivity index (χ4v) is 5.85. The molecule has 2 aliphatic heterocycles. The van der Waals surface area contributed by atoms with Crippen LogP contribution in [0.3, 0.4) is 0 Å². The van der Waals surface area contributed by atoms with Crippen LogP contribution in [0.25, 0.3) is 0 Å². The van der Waals surface area contributed by atoms with E-state index in [-0.39, 0.29) is 19.0 Å². The summed E-state index contributed by atoms with van der Waals surface area (Å²) >= 11 is 2.18. The van der Waals surface area contributed by atoms with E-state index in [1.807, 2.05) is 38.1 Å². The van der Waals surface area contributed by atoms with Gasteiger partial charge in [-0.3, -0.25) is 5.43 Å². The number of methoxy groups -OCH3 is 1. The predicted molar refractivity (Wildman–Crippen MR) is 186 cm³/mol. The number of aliphatic hydroxyl groups excluding tert-OH is 1. The number of ether oxygens (including phenoxy) is 7. The summed E-state index contributed by atoms with van der Waals surface area (Å²) in [5.74, 6) is 2.69. The van der Waals surface area contributed by atoms with Gasteiger partial charge in [-0.05, 0) is 96.5 Å². The summed E-state index contributed by atoms with van der Waals surface area (Å²) in [4.78, 5) is 24.7. The molecular formula is C34H37IN4O10. The SMILES string of the molecule is CCOc1cc([C@@H]2NC(=O)NC(C)=C2C(=O)OC)ccc1OC[C@@H](O)N/N=C\c1cc(I)c(OCc2ccc3c(c2)OCO3)c(OCC)c1. The van der Waals surface area contributed by atoms with Crippen molar-refractivity contribution in [1.29, 1.82) is 0 Å². The maximum atomic E-state index is 12.5. The zero-order valence-corrected chi connectivity index (χ0v) is 29.5. The molecule has 0 aromatic heterocycles. The lowest BCUT2D eigenvalue weighted by Crippen LogP contribution is -2.45. The molecule has 0 unspecified atom stereocenters. The maximum absolute atomic E-state index is 12.5.